The average Bonchev–Trinajstić information content (AvgIpc) is 2.65. The number of aliphatic hydroxyl groups excluding tert-OH is 1. The normalized spacial score (nSPS) is 23.1. The number of aliphatic carboxylic acids is 1. The summed E-state index contributed by atoms with van der Waals surface area (Å²) in [5.74, 6) is -0.290. The molecule has 0 aliphatic carbocycles. The first kappa shape index (κ1) is 11.3. The van der Waals surface area contributed by atoms with Gasteiger partial charge in [0.15, 0.2) is 0 Å². The number of carbonyl (C=O) groups excluding carboxylic acids is 1. The number of amides is 1. The SMILES string of the molecule is O=C(N[C@H](CO)C(=O)O)C1CSCN1. The summed E-state index contributed by atoms with van der Waals surface area (Å²) in [5.41, 5.74) is 0. The van der Waals surface area contributed by atoms with E-state index in [0.717, 1.165) is 0 Å². The van der Waals surface area contributed by atoms with E-state index in [1.165, 1.54) is 0 Å². The molecule has 4 N–H and O–H groups in total. The van der Waals surface area contributed by atoms with Gasteiger partial charge >= 0.3 is 5.97 Å². The molecule has 1 fully saturated rings. The molecule has 7 heteroatoms. The van der Waals surface area contributed by atoms with Crippen molar-refractivity contribution < 1.29 is 19.8 Å². The summed E-state index contributed by atoms with van der Waals surface area (Å²) in [7, 11) is 0. The fourth-order valence-corrected chi connectivity index (χ4v) is 1.96. The van der Waals surface area contributed by atoms with Crippen LogP contribution in [-0.2, 0) is 9.59 Å². The van der Waals surface area contributed by atoms with Gasteiger partial charge in [0.05, 0.1) is 12.6 Å². The number of carboxylic acid groups (broad SMARTS) is 1. The maximum atomic E-state index is 11.4. The van der Waals surface area contributed by atoms with Gasteiger partial charge in [0.2, 0.25) is 5.91 Å². The lowest BCUT2D eigenvalue weighted by Crippen LogP contribution is -2.50. The van der Waals surface area contributed by atoms with Crippen LogP contribution in [0.25, 0.3) is 0 Å². The second-order valence-electron chi connectivity index (χ2n) is 2.85. The summed E-state index contributed by atoms with van der Waals surface area (Å²) < 4.78 is 0. The van der Waals surface area contributed by atoms with Crippen LogP contribution in [0.2, 0.25) is 0 Å². The van der Waals surface area contributed by atoms with Crippen molar-refractivity contribution >= 4 is 23.6 Å². The molecule has 1 aliphatic rings. The Morgan fingerprint density at radius 3 is 2.79 bits per heavy atom. The van der Waals surface area contributed by atoms with Crippen LogP contribution in [0.15, 0.2) is 0 Å². The summed E-state index contributed by atoms with van der Waals surface area (Å²) in [6.45, 7) is -0.596. The van der Waals surface area contributed by atoms with Crippen LogP contribution < -0.4 is 10.6 Å². The van der Waals surface area contributed by atoms with Crippen molar-refractivity contribution in [2.45, 2.75) is 12.1 Å². The fourth-order valence-electron chi connectivity index (χ4n) is 1.02. The van der Waals surface area contributed by atoms with Crippen molar-refractivity contribution in [3.05, 3.63) is 0 Å². The Morgan fingerprint density at radius 2 is 2.36 bits per heavy atom. The van der Waals surface area contributed by atoms with Gasteiger partial charge in [-0.25, -0.2) is 4.79 Å². The van der Waals surface area contributed by atoms with E-state index >= 15 is 0 Å². The molecule has 0 bridgehead atoms. The summed E-state index contributed by atoms with van der Waals surface area (Å²) >= 11 is 1.57. The van der Waals surface area contributed by atoms with Gasteiger partial charge in [-0.15, -0.1) is 11.8 Å². The molecule has 0 aromatic heterocycles. The first-order valence-electron chi connectivity index (χ1n) is 4.10. The third-order valence-corrected chi connectivity index (χ3v) is 2.77. The average molecular weight is 220 g/mol. The Hall–Kier alpha value is -0.790. The third kappa shape index (κ3) is 2.86. The highest BCUT2D eigenvalue weighted by Gasteiger charge is 2.26. The predicted molar refractivity (Wildman–Crippen MR) is 50.9 cm³/mol. The number of hydrogen-bond donors (Lipinski definition) is 4. The highest BCUT2D eigenvalue weighted by Crippen LogP contribution is 2.09. The van der Waals surface area contributed by atoms with Crippen LogP contribution in [0.5, 0.6) is 0 Å². The van der Waals surface area contributed by atoms with Gasteiger partial charge in [-0.1, -0.05) is 0 Å². The molecule has 80 valence electrons. The summed E-state index contributed by atoms with van der Waals surface area (Å²) in [4.78, 5) is 21.8. The molecule has 6 nitrogen and oxygen atoms in total. The highest BCUT2D eigenvalue weighted by atomic mass is 32.2. The van der Waals surface area contributed by atoms with Gasteiger partial charge in [0.25, 0.3) is 0 Å². The molecule has 0 spiro atoms. The number of nitrogens with one attached hydrogen (secondary N) is 2. The zero-order chi connectivity index (χ0) is 10.6. The van der Waals surface area contributed by atoms with Crippen LogP contribution in [0.3, 0.4) is 0 Å². The van der Waals surface area contributed by atoms with Crippen molar-refractivity contribution in [3.63, 3.8) is 0 Å². The molecule has 0 radical (unpaired) electrons. The largest absolute Gasteiger partial charge is 0.480 e. The van der Waals surface area contributed by atoms with Gasteiger partial charge in [-0.2, -0.15) is 0 Å². The van der Waals surface area contributed by atoms with Gasteiger partial charge in [0, 0.05) is 11.6 Å². The number of carbonyl (C=O) groups is 2. The second kappa shape index (κ2) is 5.18. The first-order chi connectivity index (χ1) is 6.65. The number of hydrogen-bond acceptors (Lipinski definition) is 5. The van der Waals surface area contributed by atoms with E-state index in [-0.39, 0.29) is 11.9 Å². The summed E-state index contributed by atoms with van der Waals surface area (Å²) in [5, 5.41) is 22.4. The maximum Gasteiger partial charge on any atom is 0.328 e. The Labute approximate surface area is 85.1 Å². The molecular weight excluding hydrogens is 208 g/mol. The molecule has 1 aliphatic heterocycles. The zero-order valence-electron chi connectivity index (χ0n) is 7.40. The quantitative estimate of drug-likeness (QED) is 0.447. The van der Waals surface area contributed by atoms with Crippen LogP contribution >= 0.6 is 11.8 Å². The molecule has 1 rings (SSSR count). The molecular formula is C7H12N2O4S. The van der Waals surface area contributed by atoms with E-state index < -0.39 is 18.6 Å². The molecule has 0 saturated carbocycles. The number of thioether (sulfide) groups is 1. The van der Waals surface area contributed by atoms with Gasteiger partial charge < -0.3 is 15.5 Å². The van der Waals surface area contributed by atoms with Crippen LogP contribution in [0.1, 0.15) is 0 Å². The Bertz CT molecular complexity index is 230. The Balaban J connectivity index is 2.41. The number of rotatable bonds is 4. The summed E-state index contributed by atoms with van der Waals surface area (Å²) in [6.07, 6.45) is 0. The van der Waals surface area contributed by atoms with Crippen molar-refractivity contribution in [1.82, 2.24) is 10.6 Å². The van der Waals surface area contributed by atoms with E-state index in [2.05, 4.69) is 10.6 Å². The second-order valence-corrected chi connectivity index (χ2v) is 3.88. The third-order valence-electron chi connectivity index (χ3n) is 1.83. The van der Waals surface area contributed by atoms with Gasteiger partial charge in [-0.3, -0.25) is 10.1 Å². The van der Waals surface area contributed by atoms with E-state index in [9.17, 15) is 9.59 Å². The van der Waals surface area contributed by atoms with Crippen molar-refractivity contribution in [3.8, 4) is 0 Å². The Morgan fingerprint density at radius 1 is 1.64 bits per heavy atom. The standard InChI is InChI=1S/C7H12N2O4S/c10-1-4(7(12)13)9-6(11)5-2-14-3-8-5/h4-5,8,10H,1-3H2,(H,9,11)(H,12,13)/t4-,5?/m1/s1. The minimum atomic E-state index is -1.23. The smallest absolute Gasteiger partial charge is 0.328 e. The fraction of sp³-hybridized carbons (Fsp3) is 0.714. The minimum Gasteiger partial charge on any atom is -0.480 e. The lowest BCUT2D eigenvalue weighted by Gasteiger charge is -2.14. The molecule has 2 atom stereocenters. The van der Waals surface area contributed by atoms with Crippen LogP contribution in [-0.4, -0.2) is 52.4 Å². The van der Waals surface area contributed by atoms with E-state index in [1.54, 1.807) is 11.8 Å². The lowest BCUT2D eigenvalue weighted by atomic mass is 10.2. The van der Waals surface area contributed by atoms with E-state index in [0.29, 0.717) is 11.6 Å². The number of carboxylic acids is 1. The summed E-state index contributed by atoms with van der Waals surface area (Å²) in [6, 6.07) is -1.57. The van der Waals surface area contributed by atoms with Crippen molar-refractivity contribution in [1.29, 1.82) is 0 Å². The zero-order valence-corrected chi connectivity index (χ0v) is 8.21. The molecule has 1 heterocycles. The molecule has 1 saturated heterocycles. The maximum absolute atomic E-state index is 11.4. The molecule has 0 aromatic rings. The first-order valence-corrected chi connectivity index (χ1v) is 5.25. The minimum absolute atomic E-state index is 0.353. The highest BCUT2D eigenvalue weighted by molar-refractivity contribution is 7.99. The topological polar surface area (TPSA) is 98.7 Å². The van der Waals surface area contributed by atoms with Crippen LogP contribution in [0, 0.1) is 0 Å². The van der Waals surface area contributed by atoms with Crippen LogP contribution in [0.4, 0.5) is 0 Å². The van der Waals surface area contributed by atoms with Gasteiger partial charge in [0.1, 0.15) is 6.04 Å². The van der Waals surface area contributed by atoms with E-state index in [4.69, 9.17) is 10.2 Å². The Kier molecular flexibility index (Phi) is 4.18. The molecule has 14 heavy (non-hydrogen) atoms. The predicted octanol–water partition coefficient (Wildman–Crippen LogP) is -1.79. The van der Waals surface area contributed by atoms with Crippen molar-refractivity contribution in [2.75, 3.05) is 18.2 Å². The van der Waals surface area contributed by atoms with Crippen molar-refractivity contribution in [2.24, 2.45) is 0 Å². The molecule has 1 amide bonds. The lowest BCUT2D eigenvalue weighted by molar-refractivity contribution is -0.143. The monoisotopic (exact) mass is 220 g/mol. The molecule has 0 aromatic carbocycles. The molecule has 1 unspecified atom stereocenters. The number of aliphatic hydroxyl groups is 1. The van der Waals surface area contributed by atoms with E-state index in [1.807, 2.05) is 0 Å². The van der Waals surface area contributed by atoms with Gasteiger partial charge in [-0.05, 0) is 0 Å².